The standard InChI is InChI=1S/C15H33N3/c1-13(2)10-15(12-17(3)4)16-11-14-6-8-18(5)9-7-14/h13-16H,6-12H2,1-5H3. The first kappa shape index (κ1) is 15.9. The average molecular weight is 255 g/mol. The molecule has 1 fully saturated rings. The highest BCUT2D eigenvalue weighted by atomic mass is 15.1. The molecule has 1 unspecified atom stereocenters. The molecule has 0 spiro atoms. The van der Waals surface area contributed by atoms with Crippen molar-refractivity contribution < 1.29 is 0 Å². The number of nitrogens with zero attached hydrogens (tertiary/aromatic N) is 2. The highest BCUT2D eigenvalue weighted by Crippen LogP contribution is 2.15. The Morgan fingerprint density at radius 2 is 1.83 bits per heavy atom. The molecule has 1 atom stereocenters. The van der Waals surface area contributed by atoms with Crippen molar-refractivity contribution >= 4 is 0 Å². The van der Waals surface area contributed by atoms with E-state index in [9.17, 15) is 0 Å². The lowest BCUT2D eigenvalue weighted by molar-refractivity contribution is 0.205. The van der Waals surface area contributed by atoms with E-state index in [2.05, 4.69) is 50.1 Å². The van der Waals surface area contributed by atoms with Crippen molar-refractivity contribution in [3.63, 3.8) is 0 Å². The van der Waals surface area contributed by atoms with Gasteiger partial charge in [-0.25, -0.2) is 0 Å². The van der Waals surface area contributed by atoms with Crippen LogP contribution >= 0.6 is 0 Å². The Morgan fingerprint density at radius 1 is 1.22 bits per heavy atom. The van der Waals surface area contributed by atoms with Crippen LogP contribution < -0.4 is 5.32 Å². The van der Waals surface area contributed by atoms with Crippen LogP contribution in [0.15, 0.2) is 0 Å². The molecule has 0 amide bonds. The summed E-state index contributed by atoms with van der Waals surface area (Å²) in [5.74, 6) is 1.66. The molecule has 1 aliphatic rings. The Labute approximate surface area is 114 Å². The van der Waals surface area contributed by atoms with Gasteiger partial charge < -0.3 is 15.1 Å². The van der Waals surface area contributed by atoms with E-state index in [4.69, 9.17) is 0 Å². The number of rotatable bonds is 7. The molecule has 3 nitrogen and oxygen atoms in total. The van der Waals surface area contributed by atoms with Gasteiger partial charge in [0.05, 0.1) is 0 Å². The maximum Gasteiger partial charge on any atom is 0.0197 e. The molecule has 108 valence electrons. The van der Waals surface area contributed by atoms with Crippen LogP contribution in [0.25, 0.3) is 0 Å². The van der Waals surface area contributed by atoms with Gasteiger partial charge in [-0.15, -0.1) is 0 Å². The molecule has 3 heteroatoms. The molecule has 0 radical (unpaired) electrons. The number of piperidine rings is 1. The number of nitrogens with one attached hydrogen (secondary N) is 1. The maximum atomic E-state index is 3.81. The zero-order valence-electron chi connectivity index (χ0n) is 13.1. The minimum atomic E-state index is 0.652. The van der Waals surface area contributed by atoms with Crippen LogP contribution in [0.3, 0.4) is 0 Å². The molecular weight excluding hydrogens is 222 g/mol. The highest BCUT2D eigenvalue weighted by Gasteiger charge is 2.18. The maximum absolute atomic E-state index is 3.81. The molecule has 1 aliphatic heterocycles. The Morgan fingerprint density at radius 3 is 2.33 bits per heavy atom. The predicted molar refractivity (Wildman–Crippen MR) is 80.0 cm³/mol. The number of likely N-dealkylation sites (tertiary alicyclic amines) is 1. The van der Waals surface area contributed by atoms with Crippen molar-refractivity contribution in [3.05, 3.63) is 0 Å². The van der Waals surface area contributed by atoms with Crippen molar-refractivity contribution in [2.24, 2.45) is 11.8 Å². The summed E-state index contributed by atoms with van der Waals surface area (Å²) in [4.78, 5) is 4.75. The molecular formula is C15H33N3. The van der Waals surface area contributed by atoms with Gasteiger partial charge in [-0.1, -0.05) is 13.8 Å². The Kier molecular flexibility index (Phi) is 7.20. The van der Waals surface area contributed by atoms with Gasteiger partial charge in [0.1, 0.15) is 0 Å². The summed E-state index contributed by atoms with van der Waals surface area (Å²) in [5, 5.41) is 3.81. The minimum absolute atomic E-state index is 0.652. The van der Waals surface area contributed by atoms with Gasteiger partial charge in [-0.3, -0.25) is 0 Å². The van der Waals surface area contributed by atoms with E-state index in [0.717, 1.165) is 18.4 Å². The van der Waals surface area contributed by atoms with E-state index in [1.807, 2.05) is 0 Å². The Balaban J connectivity index is 2.27. The number of hydrogen-bond donors (Lipinski definition) is 1. The summed E-state index contributed by atoms with van der Waals surface area (Å²) in [6.07, 6.45) is 4.00. The number of hydrogen-bond acceptors (Lipinski definition) is 3. The zero-order chi connectivity index (χ0) is 13.5. The fourth-order valence-corrected chi connectivity index (χ4v) is 2.83. The van der Waals surface area contributed by atoms with Crippen molar-refractivity contribution in [3.8, 4) is 0 Å². The first-order chi connectivity index (χ1) is 8.47. The van der Waals surface area contributed by atoms with Crippen LogP contribution in [-0.4, -0.2) is 63.2 Å². The van der Waals surface area contributed by atoms with Gasteiger partial charge in [-0.2, -0.15) is 0 Å². The Hall–Kier alpha value is -0.120. The molecule has 18 heavy (non-hydrogen) atoms. The van der Waals surface area contributed by atoms with Crippen molar-refractivity contribution in [2.75, 3.05) is 47.3 Å². The lowest BCUT2D eigenvalue weighted by Crippen LogP contribution is -2.43. The molecule has 0 saturated carbocycles. The van der Waals surface area contributed by atoms with E-state index in [-0.39, 0.29) is 0 Å². The second-order valence-electron chi connectivity index (χ2n) is 6.74. The molecule has 0 aromatic carbocycles. The lowest BCUT2D eigenvalue weighted by Gasteiger charge is -2.31. The first-order valence-corrected chi connectivity index (χ1v) is 7.54. The summed E-state index contributed by atoms with van der Waals surface area (Å²) < 4.78 is 0. The van der Waals surface area contributed by atoms with Gasteiger partial charge >= 0.3 is 0 Å². The zero-order valence-corrected chi connectivity index (χ0v) is 13.1. The molecule has 1 rings (SSSR count). The van der Waals surface area contributed by atoms with E-state index < -0.39 is 0 Å². The molecule has 0 aromatic rings. The summed E-state index contributed by atoms with van der Waals surface area (Å²) >= 11 is 0. The average Bonchev–Trinajstić information content (AvgIpc) is 2.26. The quantitative estimate of drug-likeness (QED) is 0.749. The largest absolute Gasteiger partial charge is 0.312 e. The van der Waals surface area contributed by atoms with E-state index in [1.165, 1.54) is 38.9 Å². The van der Waals surface area contributed by atoms with Crippen LogP contribution in [0.4, 0.5) is 0 Å². The van der Waals surface area contributed by atoms with E-state index in [0.29, 0.717) is 6.04 Å². The molecule has 0 aromatic heterocycles. The topological polar surface area (TPSA) is 18.5 Å². The fraction of sp³-hybridized carbons (Fsp3) is 1.00. The molecule has 1 saturated heterocycles. The summed E-state index contributed by atoms with van der Waals surface area (Å²) in [6, 6.07) is 0.652. The second-order valence-corrected chi connectivity index (χ2v) is 6.74. The SMILES string of the molecule is CC(C)CC(CN(C)C)NCC1CCN(C)CC1. The third kappa shape index (κ3) is 6.72. The van der Waals surface area contributed by atoms with Crippen LogP contribution in [0.5, 0.6) is 0 Å². The third-order valence-corrected chi connectivity index (χ3v) is 3.87. The number of likely N-dealkylation sites (N-methyl/N-ethyl adjacent to an activating group) is 1. The molecule has 1 heterocycles. The molecule has 1 N–H and O–H groups in total. The van der Waals surface area contributed by atoms with Gasteiger partial charge in [0.2, 0.25) is 0 Å². The van der Waals surface area contributed by atoms with Crippen LogP contribution in [0.1, 0.15) is 33.1 Å². The van der Waals surface area contributed by atoms with Crippen molar-refractivity contribution in [1.82, 2.24) is 15.1 Å². The van der Waals surface area contributed by atoms with E-state index >= 15 is 0 Å². The Bertz CT molecular complexity index is 198. The second kappa shape index (κ2) is 8.13. The molecule has 0 aliphatic carbocycles. The van der Waals surface area contributed by atoms with Gasteiger partial charge in [0.25, 0.3) is 0 Å². The third-order valence-electron chi connectivity index (χ3n) is 3.87. The van der Waals surface area contributed by atoms with Gasteiger partial charge in [0, 0.05) is 12.6 Å². The smallest absolute Gasteiger partial charge is 0.0197 e. The lowest BCUT2D eigenvalue weighted by atomic mass is 9.96. The van der Waals surface area contributed by atoms with Crippen molar-refractivity contribution in [1.29, 1.82) is 0 Å². The summed E-state index contributed by atoms with van der Waals surface area (Å²) in [6.45, 7) is 9.55. The fourth-order valence-electron chi connectivity index (χ4n) is 2.83. The van der Waals surface area contributed by atoms with Crippen molar-refractivity contribution in [2.45, 2.75) is 39.2 Å². The van der Waals surface area contributed by atoms with Crippen LogP contribution in [-0.2, 0) is 0 Å². The predicted octanol–water partition coefficient (Wildman–Crippen LogP) is 1.89. The van der Waals surface area contributed by atoms with E-state index in [1.54, 1.807) is 0 Å². The van der Waals surface area contributed by atoms with Crippen LogP contribution in [0.2, 0.25) is 0 Å². The van der Waals surface area contributed by atoms with Gasteiger partial charge in [0.15, 0.2) is 0 Å². The van der Waals surface area contributed by atoms with Crippen LogP contribution in [0, 0.1) is 11.8 Å². The highest BCUT2D eigenvalue weighted by molar-refractivity contribution is 4.76. The van der Waals surface area contributed by atoms with Gasteiger partial charge in [-0.05, 0) is 71.9 Å². The monoisotopic (exact) mass is 255 g/mol. The molecule has 0 bridgehead atoms. The normalized spacial score (nSPS) is 20.8. The minimum Gasteiger partial charge on any atom is -0.312 e. The summed E-state index contributed by atoms with van der Waals surface area (Å²) in [5.41, 5.74) is 0. The summed E-state index contributed by atoms with van der Waals surface area (Å²) in [7, 11) is 6.58. The first-order valence-electron chi connectivity index (χ1n) is 7.54.